The fourth-order valence-corrected chi connectivity index (χ4v) is 3.19. The number of carbonyl (C=O) groups excluding carboxylic acids is 1. The minimum Gasteiger partial charge on any atom is -0.299 e. The van der Waals surface area contributed by atoms with Gasteiger partial charge < -0.3 is 0 Å². The first-order valence-electron chi connectivity index (χ1n) is 7.94. The van der Waals surface area contributed by atoms with Crippen molar-refractivity contribution in [3.05, 3.63) is 23.3 Å². The molecule has 1 aromatic rings. The van der Waals surface area contributed by atoms with Gasteiger partial charge in [0.2, 0.25) is 0 Å². The molecule has 0 amide bonds. The second kappa shape index (κ2) is 6.96. The zero-order chi connectivity index (χ0) is 14.5. The summed E-state index contributed by atoms with van der Waals surface area (Å²) in [5.74, 6) is 1.28. The van der Waals surface area contributed by atoms with Crippen LogP contribution in [0.15, 0.2) is 6.20 Å². The number of aryl methyl sites for hydroxylation is 2. The average molecular weight is 274 g/mol. The Bertz CT molecular complexity index is 462. The zero-order valence-electron chi connectivity index (χ0n) is 13.0. The van der Waals surface area contributed by atoms with Crippen LogP contribution in [0.2, 0.25) is 0 Å². The van der Waals surface area contributed by atoms with Crippen LogP contribution >= 0.6 is 0 Å². The van der Waals surface area contributed by atoms with Crippen molar-refractivity contribution in [3.63, 3.8) is 0 Å². The van der Waals surface area contributed by atoms with E-state index in [1.54, 1.807) is 0 Å². The SMILES string of the molecule is CCCCC(=O)C1CCC(c2nc(C)cnc2C)CC1. The summed E-state index contributed by atoms with van der Waals surface area (Å²) in [4.78, 5) is 21.2. The van der Waals surface area contributed by atoms with Gasteiger partial charge in [0.25, 0.3) is 0 Å². The molecule has 0 bridgehead atoms. The second-order valence-corrected chi connectivity index (χ2v) is 6.10. The smallest absolute Gasteiger partial charge is 0.135 e. The van der Waals surface area contributed by atoms with Crippen LogP contribution in [0, 0.1) is 19.8 Å². The fourth-order valence-electron chi connectivity index (χ4n) is 3.19. The normalized spacial score (nSPS) is 22.8. The Morgan fingerprint density at radius 1 is 1.25 bits per heavy atom. The van der Waals surface area contributed by atoms with E-state index < -0.39 is 0 Å². The molecule has 1 aromatic heterocycles. The van der Waals surface area contributed by atoms with Gasteiger partial charge in [-0.1, -0.05) is 13.3 Å². The van der Waals surface area contributed by atoms with Crippen LogP contribution in [0.1, 0.15) is 74.9 Å². The Hall–Kier alpha value is -1.25. The van der Waals surface area contributed by atoms with Crippen molar-refractivity contribution in [1.29, 1.82) is 0 Å². The molecule has 1 fully saturated rings. The molecule has 0 aliphatic heterocycles. The highest BCUT2D eigenvalue weighted by Crippen LogP contribution is 2.36. The molecule has 0 N–H and O–H groups in total. The minimum absolute atomic E-state index is 0.302. The third kappa shape index (κ3) is 3.65. The van der Waals surface area contributed by atoms with Gasteiger partial charge in [0, 0.05) is 24.5 Å². The molecule has 20 heavy (non-hydrogen) atoms. The fraction of sp³-hybridized carbons (Fsp3) is 0.706. The standard InChI is InChI=1S/C17H26N2O/c1-4-5-6-16(20)14-7-9-15(10-8-14)17-13(3)18-11-12(2)19-17/h11,14-15H,4-10H2,1-3H3. The zero-order valence-corrected chi connectivity index (χ0v) is 13.0. The molecule has 1 saturated carbocycles. The van der Waals surface area contributed by atoms with E-state index in [2.05, 4.69) is 16.9 Å². The van der Waals surface area contributed by atoms with Crippen molar-refractivity contribution < 1.29 is 4.79 Å². The van der Waals surface area contributed by atoms with Crippen LogP contribution in [0.25, 0.3) is 0 Å². The van der Waals surface area contributed by atoms with E-state index in [1.165, 1.54) is 0 Å². The van der Waals surface area contributed by atoms with Gasteiger partial charge in [-0.15, -0.1) is 0 Å². The highest BCUT2D eigenvalue weighted by atomic mass is 16.1. The number of aromatic nitrogens is 2. The van der Waals surface area contributed by atoms with Crippen LogP contribution in [0.4, 0.5) is 0 Å². The second-order valence-electron chi connectivity index (χ2n) is 6.10. The van der Waals surface area contributed by atoms with Crippen molar-refractivity contribution in [1.82, 2.24) is 9.97 Å². The Morgan fingerprint density at radius 2 is 1.95 bits per heavy atom. The molecule has 3 heteroatoms. The number of hydrogen-bond donors (Lipinski definition) is 0. The molecule has 1 heterocycles. The first-order valence-corrected chi connectivity index (χ1v) is 7.94. The molecule has 0 spiro atoms. The van der Waals surface area contributed by atoms with Crippen LogP contribution in [-0.2, 0) is 4.79 Å². The van der Waals surface area contributed by atoms with E-state index in [1.807, 2.05) is 20.0 Å². The van der Waals surface area contributed by atoms with Crippen LogP contribution in [-0.4, -0.2) is 15.8 Å². The summed E-state index contributed by atoms with van der Waals surface area (Å²) in [5.41, 5.74) is 3.20. The molecule has 0 saturated heterocycles. The van der Waals surface area contributed by atoms with Crippen LogP contribution in [0.3, 0.4) is 0 Å². The van der Waals surface area contributed by atoms with E-state index in [0.29, 0.717) is 17.6 Å². The van der Waals surface area contributed by atoms with Crippen molar-refractivity contribution in [3.8, 4) is 0 Å². The highest BCUT2D eigenvalue weighted by molar-refractivity contribution is 5.81. The first-order chi connectivity index (χ1) is 9.61. The number of hydrogen-bond acceptors (Lipinski definition) is 3. The van der Waals surface area contributed by atoms with Gasteiger partial charge in [-0.3, -0.25) is 14.8 Å². The van der Waals surface area contributed by atoms with Crippen molar-refractivity contribution in [2.75, 3.05) is 0 Å². The summed E-state index contributed by atoms with van der Waals surface area (Å²) in [7, 11) is 0. The quantitative estimate of drug-likeness (QED) is 0.811. The molecular formula is C17H26N2O. The Morgan fingerprint density at radius 3 is 2.60 bits per heavy atom. The molecule has 110 valence electrons. The predicted octanol–water partition coefficient (Wildman–Crippen LogP) is 4.13. The lowest BCUT2D eigenvalue weighted by molar-refractivity contribution is -0.124. The van der Waals surface area contributed by atoms with Gasteiger partial charge in [0.1, 0.15) is 5.78 Å². The number of Topliss-reactive ketones (excluding diaryl/α,β-unsaturated/α-hetero) is 1. The Balaban J connectivity index is 1.94. The maximum atomic E-state index is 12.1. The first kappa shape index (κ1) is 15.1. The number of carbonyl (C=O) groups is 1. The predicted molar refractivity (Wildman–Crippen MR) is 80.7 cm³/mol. The van der Waals surface area contributed by atoms with Gasteiger partial charge in [-0.05, 0) is 46.0 Å². The minimum atomic E-state index is 0.302. The lowest BCUT2D eigenvalue weighted by Crippen LogP contribution is -2.22. The maximum Gasteiger partial charge on any atom is 0.135 e. The average Bonchev–Trinajstić information content (AvgIpc) is 2.47. The van der Waals surface area contributed by atoms with Crippen molar-refractivity contribution in [2.45, 2.75) is 71.6 Å². The van der Waals surface area contributed by atoms with Gasteiger partial charge in [-0.25, -0.2) is 0 Å². The molecule has 0 atom stereocenters. The maximum absolute atomic E-state index is 12.1. The topological polar surface area (TPSA) is 42.9 Å². The van der Waals surface area contributed by atoms with E-state index in [4.69, 9.17) is 0 Å². The van der Waals surface area contributed by atoms with E-state index in [9.17, 15) is 4.79 Å². The largest absolute Gasteiger partial charge is 0.299 e. The van der Waals surface area contributed by atoms with Crippen LogP contribution in [0.5, 0.6) is 0 Å². The number of rotatable bonds is 5. The van der Waals surface area contributed by atoms with E-state index in [0.717, 1.165) is 62.0 Å². The molecule has 1 aliphatic rings. The number of nitrogens with zero attached hydrogens (tertiary/aromatic N) is 2. The Labute approximate surface area is 122 Å². The molecule has 3 nitrogen and oxygen atoms in total. The van der Waals surface area contributed by atoms with E-state index >= 15 is 0 Å². The van der Waals surface area contributed by atoms with Gasteiger partial charge in [0.05, 0.1) is 17.1 Å². The highest BCUT2D eigenvalue weighted by Gasteiger charge is 2.28. The lowest BCUT2D eigenvalue weighted by atomic mass is 9.77. The number of unbranched alkanes of at least 4 members (excludes halogenated alkanes) is 1. The summed E-state index contributed by atoms with van der Waals surface area (Å²) in [6.45, 7) is 6.18. The summed E-state index contributed by atoms with van der Waals surface area (Å²) >= 11 is 0. The van der Waals surface area contributed by atoms with Crippen molar-refractivity contribution in [2.24, 2.45) is 5.92 Å². The third-order valence-electron chi connectivity index (χ3n) is 4.46. The Kier molecular flexibility index (Phi) is 5.27. The lowest BCUT2D eigenvalue weighted by Gasteiger charge is -2.28. The summed E-state index contributed by atoms with van der Waals surface area (Å²) < 4.78 is 0. The summed E-state index contributed by atoms with van der Waals surface area (Å²) in [6.07, 6.45) is 8.99. The van der Waals surface area contributed by atoms with Gasteiger partial charge in [-0.2, -0.15) is 0 Å². The molecule has 2 rings (SSSR count). The third-order valence-corrected chi connectivity index (χ3v) is 4.46. The molecule has 1 aliphatic carbocycles. The summed E-state index contributed by atoms with van der Waals surface area (Å²) in [6, 6.07) is 0. The van der Waals surface area contributed by atoms with Crippen LogP contribution < -0.4 is 0 Å². The molecular weight excluding hydrogens is 248 g/mol. The summed E-state index contributed by atoms with van der Waals surface area (Å²) in [5, 5.41) is 0. The molecule has 0 aromatic carbocycles. The molecule has 0 unspecified atom stereocenters. The van der Waals surface area contributed by atoms with Crippen molar-refractivity contribution >= 4 is 5.78 Å². The monoisotopic (exact) mass is 274 g/mol. The van der Waals surface area contributed by atoms with Gasteiger partial charge >= 0.3 is 0 Å². The van der Waals surface area contributed by atoms with E-state index in [-0.39, 0.29) is 0 Å². The number of ketones is 1. The van der Waals surface area contributed by atoms with Gasteiger partial charge in [0.15, 0.2) is 0 Å². The molecule has 0 radical (unpaired) electrons.